The molecule has 1 saturated heterocycles. The summed E-state index contributed by atoms with van der Waals surface area (Å²) in [5.41, 5.74) is 0.629. The van der Waals surface area contributed by atoms with Gasteiger partial charge in [0.1, 0.15) is 0 Å². The summed E-state index contributed by atoms with van der Waals surface area (Å²) in [7, 11) is 0. The molecule has 2 amide bonds. The molecule has 2 N–H and O–H groups in total. The van der Waals surface area contributed by atoms with E-state index >= 15 is 0 Å². The van der Waals surface area contributed by atoms with Crippen LogP contribution in [-0.4, -0.2) is 44.4 Å². The average Bonchev–Trinajstić information content (AvgIpc) is 2.97. The summed E-state index contributed by atoms with van der Waals surface area (Å²) in [6.45, 7) is 4.60. The molecule has 7 heteroatoms. The molecule has 0 aromatic carbocycles. The van der Waals surface area contributed by atoms with Gasteiger partial charge in [0.15, 0.2) is 0 Å². The molecule has 1 fully saturated rings. The van der Waals surface area contributed by atoms with Crippen LogP contribution in [0.5, 0.6) is 0 Å². The molecule has 1 atom stereocenters. The highest BCUT2D eigenvalue weighted by Crippen LogP contribution is 2.21. The summed E-state index contributed by atoms with van der Waals surface area (Å²) < 4.78 is 1.76. The molecular weight excluding hydrogens is 260 g/mol. The first-order valence-corrected chi connectivity index (χ1v) is 6.81. The van der Waals surface area contributed by atoms with E-state index in [2.05, 4.69) is 10.4 Å². The third-order valence-corrected chi connectivity index (χ3v) is 3.43. The Hall–Kier alpha value is -2.05. The molecule has 2 rings (SSSR count). The summed E-state index contributed by atoms with van der Waals surface area (Å²) in [4.78, 5) is 24.6. The van der Waals surface area contributed by atoms with Gasteiger partial charge in [0.2, 0.25) is 0 Å². The van der Waals surface area contributed by atoms with Gasteiger partial charge in [-0.2, -0.15) is 5.10 Å². The lowest BCUT2D eigenvalue weighted by molar-refractivity contribution is -0.137. The number of rotatable bonds is 4. The van der Waals surface area contributed by atoms with Crippen molar-refractivity contribution >= 4 is 17.7 Å². The van der Waals surface area contributed by atoms with Crippen molar-refractivity contribution in [3.63, 3.8) is 0 Å². The third-order valence-electron chi connectivity index (χ3n) is 3.43. The lowest BCUT2D eigenvalue weighted by atomic mass is 10.1. The first kappa shape index (κ1) is 14.4. The Balaban J connectivity index is 1.98. The fourth-order valence-corrected chi connectivity index (χ4v) is 2.40. The average molecular weight is 280 g/mol. The van der Waals surface area contributed by atoms with Crippen molar-refractivity contribution < 1.29 is 14.7 Å². The molecule has 0 aliphatic carbocycles. The quantitative estimate of drug-likeness (QED) is 0.882. The van der Waals surface area contributed by atoms with E-state index in [4.69, 9.17) is 5.11 Å². The van der Waals surface area contributed by atoms with Gasteiger partial charge in [0.05, 0.1) is 18.3 Å². The Kier molecular flexibility index (Phi) is 4.26. The maximum atomic E-state index is 12.2. The Labute approximate surface area is 117 Å². The molecule has 20 heavy (non-hydrogen) atoms. The fraction of sp³-hybridized carbons (Fsp3) is 0.615. The van der Waals surface area contributed by atoms with Crippen molar-refractivity contribution in [2.24, 2.45) is 0 Å². The lowest BCUT2D eigenvalue weighted by Crippen LogP contribution is -2.39. The van der Waals surface area contributed by atoms with Crippen LogP contribution < -0.4 is 5.32 Å². The zero-order chi connectivity index (χ0) is 14.7. The van der Waals surface area contributed by atoms with E-state index in [1.54, 1.807) is 22.0 Å². The van der Waals surface area contributed by atoms with Gasteiger partial charge in [-0.3, -0.25) is 9.48 Å². The van der Waals surface area contributed by atoms with Gasteiger partial charge in [-0.15, -0.1) is 0 Å². The van der Waals surface area contributed by atoms with Crippen LogP contribution >= 0.6 is 0 Å². The first-order valence-electron chi connectivity index (χ1n) is 6.81. The molecule has 0 radical (unpaired) electrons. The minimum Gasteiger partial charge on any atom is -0.481 e. The summed E-state index contributed by atoms with van der Waals surface area (Å²) in [6.07, 6.45) is 4.95. The number of carboxylic acid groups (broad SMARTS) is 1. The van der Waals surface area contributed by atoms with Crippen molar-refractivity contribution in [1.29, 1.82) is 0 Å². The zero-order valence-corrected chi connectivity index (χ0v) is 11.7. The molecule has 1 aromatic rings. The number of carbonyl (C=O) groups excluding carboxylic acids is 1. The van der Waals surface area contributed by atoms with Crippen molar-refractivity contribution in [1.82, 2.24) is 14.7 Å². The highest BCUT2D eigenvalue weighted by atomic mass is 16.4. The molecule has 110 valence electrons. The third kappa shape index (κ3) is 3.28. The highest BCUT2D eigenvalue weighted by molar-refractivity contribution is 5.89. The number of carboxylic acids is 1. The summed E-state index contributed by atoms with van der Waals surface area (Å²) in [5, 5.41) is 15.8. The number of amides is 2. The minimum atomic E-state index is -0.873. The number of aliphatic carboxylic acids is 1. The largest absolute Gasteiger partial charge is 0.481 e. The Morgan fingerprint density at radius 2 is 2.30 bits per heavy atom. The molecule has 2 heterocycles. The maximum absolute atomic E-state index is 12.2. The smallest absolute Gasteiger partial charge is 0.322 e. The second kappa shape index (κ2) is 5.94. The van der Waals surface area contributed by atoms with Crippen LogP contribution in [0.3, 0.4) is 0 Å². The van der Waals surface area contributed by atoms with E-state index in [0.29, 0.717) is 12.2 Å². The molecule has 0 saturated carbocycles. The maximum Gasteiger partial charge on any atom is 0.322 e. The van der Waals surface area contributed by atoms with E-state index in [-0.39, 0.29) is 24.5 Å². The number of nitrogens with zero attached hydrogens (tertiary/aromatic N) is 3. The molecular formula is C13H20N4O3. The minimum absolute atomic E-state index is 0.00131. The number of likely N-dealkylation sites (tertiary alicyclic amines) is 1. The fourth-order valence-electron chi connectivity index (χ4n) is 2.40. The predicted molar refractivity (Wildman–Crippen MR) is 73.6 cm³/mol. The topological polar surface area (TPSA) is 87.5 Å². The number of hydrogen-bond acceptors (Lipinski definition) is 3. The second-order valence-electron chi connectivity index (χ2n) is 5.32. The normalized spacial score (nSPS) is 18.6. The van der Waals surface area contributed by atoms with Gasteiger partial charge >= 0.3 is 12.0 Å². The van der Waals surface area contributed by atoms with Crippen molar-refractivity contribution in [2.45, 2.75) is 45.2 Å². The van der Waals surface area contributed by atoms with Crippen LogP contribution in [0, 0.1) is 0 Å². The second-order valence-corrected chi connectivity index (χ2v) is 5.32. The standard InChI is InChI=1S/C13H20N4O3/c1-9(2)17-8-10(7-14-17)15-13(20)16-5-3-4-11(16)6-12(18)19/h7-9,11H,3-6H2,1-2H3,(H,15,20)(H,18,19). The van der Waals surface area contributed by atoms with Crippen LogP contribution in [0.15, 0.2) is 12.4 Å². The summed E-state index contributed by atoms with van der Waals surface area (Å²) in [5.74, 6) is -0.873. The Morgan fingerprint density at radius 3 is 2.90 bits per heavy atom. The van der Waals surface area contributed by atoms with Crippen molar-refractivity contribution in [2.75, 3.05) is 11.9 Å². The molecule has 1 unspecified atom stereocenters. The van der Waals surface area contributed by atoms with Gasteiger partial charge in [-0.05, 0) is 26.7 Å². The Morgan fingerprint density at radius 1 is 1.55 bits per heavy atom. The number of anilines is 1. The Bertz CT molecular complexity index is 498. The number of hydrogen-bond donors (Lipinski definition) is 2. The number of nitrogens with one attached hydrogen (secondary N) is 1. The van der Waals surface area contributed by atoms with Crippen LogP contribution in [0.25, 0.3) is 0 Å². The van der Waals surface area contributed by atoms with Gasteiger partial charge < -0.3 is 15.3 Å². The molecule has 1 aliphatic heterocycles. The van der Waals surface area contributed by atoms with E-state index in [9.17, 15) is 9.59 Å². The van der Waals surface area contributed by atoms with Gasteiger partial charge in [0, 0.05) is 24.8 Å². The van der Waals surface area contributed by atoms with Crippen LogP contribution in [-0.2, 0) is 4.79 Å². The monoisotopic (exact) mass is 280 g/mol. The molecule has 1 aliphatic rings. The summed E-state index contributed by atoms with van der Waals surface area (Å²) >= 11 is 0. The van der Waals surface area contributed by atoms with E-state index < -0.39 is 5.97 Å². The number of carbonyl (C=O) groups is 2. The number of urea groups is 1. The highest BCUT2D eigenvalue weighted by Gasteiger charge is 2.30. The van der Waals surface area contributed by atoms with Gasteiger partial charge in [0.25, 0.3) is 0 Å². The van der Waals surface area contributed by atoms with Crippen LogP contribution in [0.1, 0.15) is 39.2 Å². The SMILES string of the molecule is CC(C)n1cc(NC(=O)N2CCCC2CC(=O)O)cn1. The lowest BCUT2D eigenvalue weighted by Gasteiger charge is -2.23. The van der Waals surface area contributed by atoms with Crippen LogP contribution in [0.4, 0.5) is 10.5 Å². The van der Waals surface area contributed by atoms with E-state index in [0.717, 1.165) is 12.8 Å². The first-order chi connectivity index (χ1) is 9.47. The molecule has 1 aromatic heterocycles. The van der Waals surface area contributed by atoms with Gasteiger partial charge in [-0.1, -0.05) is 0 Å². The van der Waals surface area contributed by atoms with Crippen LogP contribution in [0.2, 0.25) is 0 Å². The summed E-state index contributed by atoms with van der Waals surface area (Å²) in [6, 6.07) is -0.239. The van der Waals surface area contributed by atoms with Crippen molar-refractivity contribution in [3.8, 4) is 0 Å². The van der Waals surface area contributed by atoms with E-state index in [1.807, 2.05) is 13.8 Å². The molecule has 7 nitrogen and oxygen atoms in total. The zero-order valence-electron chi connectivity index (χ0n) is 11.7. The predicted octanol–water partition coefficient (Wildman–Crippen LogP) is 1.94. The number of aromatic nitrogens is 2. The van der Waals surface area contributed by atoms with E-state index in [1.165, 1.54) is 0 Å². The molecule has 0 bridgehead atoms. The molecule has 0 spiro atoms. The van der Waals surface area contributed by atoms with Crippen molar-refractivity contribution in [3.05, 3.63) is 12.4 Å². The van der Waals surface area contributed by atoms with Gasteiger partial charge in [-0.25, -0.2) is 4.79 Å².